The van der Waals surface area contributed by atoms with Gasteiger partial charge in [0.15, 0.2) is 6.10 Å². The van der Waals surface area contributed by atoms with Gasteiger partial charge in [0.25, 0.3) is 0 Å². The number of hydrogen-bond donors (Lipinski definition) is 7. The van der Waals surface area contributed by atoms with Gasteiger partial charge in [0.1, 0.15) is 60.7 Å². The topological polar surface area (TPSA) is 205 Å². The number of rotatable bonds is 11. The molecule has 3 rings (SSSR count). The highest BCUT2D eigenvalue weighted by Crippen LogP contribution is 2.34. The molecule has 1 saturated carbocycles. The Morgan fingerprint density at radius 2 is 1.27 bits per heavy atom. The highest BCUT2D eigenvalue weighted by atomic mass is 16.7. The van der Waals surface area contributed by atoms with Gasteiger partial charge in [0, 0.05) is 14.2 Å². The van der Waals surface area contributed by atoms with E-state index in [4.69, 9.17) is 23.7 Å². The first-order valence-corrected chi connectivity index (χ1v) is 14.5. The smallest absolute Gasteiger partial charge is 0.338 e. The van der Waals surface area contributed by atoms with Gasteiger partial charge >= 0.3 is 5.97 Å². The highest BCUT2D eigenvalue weighted by Gasteiger charge is 2.52. The molecule has 0 spiro atoms. The molecule has 0 amide bonds. The zero-order valence-corrected chi connectivity index (χ0v) is 25.9. The molecule has 1 aliphatic heterocycles. The molecule has 2 fully saturated rings. The van der Waals surface area contributed by atoms with E-state index in [9.17, 15) is 40.5 Å². The molecule has 248 valence electrons. The molecule has 0 radical (unpaired) electrons. The standard InChI is InChI=1S/C31H46O13/c1-14(2)7-9-16-11-18(30(39)43-29-23(36)22(35)27(40-5)25(38)28(29)41-6)12-17(10-8-15(3)4)26(16)44-31-24(37)21(34)20(33)19(13-32)42-31/h7-8,11-12,19-25,27-29,31-38H,9-10,13H2,1-6H3/t19-,20+,21-,22+,23+,24-,25-,27+,28+,29-,31+/m0/s1. The van der Waals surface area contributed by atoms with Crippen LogP contribution >= 0.6 is 0 Å². The molecular formula is C31H46O13. The van der Waals surface area contributed by atoms with E-state index in [-0.39, 0.29) is 24.2 Å². The van der Waals surface area contributed by atoms with Crippen LogP contribution in [0.4, 0.5) is 0 Å². The summed E-state index contributed by atoms with van der Waals surface area (Å²) in [6.45, 7) is 6.92. The summed E-state index contributed by atoms with van der Waals surface area (Å²) in [7, 11) is 2.53. The molecule has 0 bridgehead atoms. The summed E-state index contributed by atoms with van der Waals surface area (Å²) in [5.74, 6) is -0.621. The van der Waals surface area contributed by atoms with Gasteiger partial charge in [-0.3, -0.25) is 0 Å². The molecule has 1 saturated heterocycles. The van der Waals surface area contributed by atoms with Crippen molar-refractivity contribution in [1.82, 2.24) is 0 Å². The first-order chi connectivity index (χ1) is 20.7. The van der Waals surface area contributed by atoms with Crippen LogP contribution in [0.25, 0.3) is 0 Å². The molecule has 1 aliphatic carbocycles. The van der Waals surface area contributed by atoms with Crippen molar-refractivity contribution in [3.8, 4) is 5.75 Å². The van der Waals surface area contributed by atoms with Gasteiger partial charge in [-0.25, -0.2) is 4.79 Å². The summed E-state index contributed by atoms with van der Waals surface area (Å²) < 4.78 is 27.8. The predicted octanol–water partition coefficient (Wildman–Crippen LogP) is -0.466. The number of methoxy groups -OCH3 is 2. The number of ether oxygens (including phenoxy) is 5. The first-order valence-electron chi connectivity index (χ1n) is 14.5. The van der Waals surface area contributed by atoms with Gasteiger partial charge in [-0.15, -0.1) is 0 Å². The minimum atomic E-state index is -1.66. The molecule has 13 heteroatoms. The fraction of sp³-hybridized carbons (Fsp3) is 0.645. The number of hydrogen-bond acceptors (Lipinski definition) is 13. The average Bonchev–Trinajstić information content (AvgIpc) is 2.98. The van der Waals surface area contributed by atoms with E-state index < -0.39 is 79.9 Å². The van der Waals surface area contributed by atoms with Gasteiger partial charge in [-0.05, 0) is 63.8 Å². The highest BCUT2D eigenvalue weighted by molar-refractivity contribution is 5.90. The lowest BCUT2D eigenvalue weighted by molar-refractivity contribution is -0.277. The third kappa shape index (κ3) is 8.04. The molecule has 1 aromatic rings. The van der Waals surface area contributed by atoms with Crippen LogP contribution in [0.5, 0.6) is 5.75 Å². The van der Waals surface area contributed by atoms with E-state index >= 15 is 0 Å². The molecule has 0 aromatic heterocycles. The summed E-state index contributed by atoms with van der Waals surface area (Å²) in [4.78, 5) is 13.6. The van der Waals surface area contributed by atoms with Crippen LogP contribution in [0.2, 0.25) is 0 Å². The Kier molecular flexibility index (Phi) is 12.9. The maximum absolute atomic E-state index is 13.6. The van der Waals surface area contributed by atoms with E-state index in [0.29, 0.717) is 11.1 Å². The number of carbonyl (C=O) groups is 1. The Morgan fingerprint density at radius 1 is 0.750 bits per heavy atom. The van der Waals surface area contributed by atoms with Crippen LogP contribution < -0.4 is 4.74 Å². The maximum atomic E-state index is 13.6. The summed E-state index contributed by atoms with van der Waals surface area (Å²) in [6.07, 6.45) is -11.6. The van der Waals surface area contributed by atoms with Crippen LogP contribution in [0.3, 0.4) is 0 Å². The quantitative estimate of drug-likeness (QED) is 0.123. The van der Waals surface area contributed by atoms with Gasteiger partial charge in [-0.1, -0.05) is 23.3 Å². The number of benzene rings is 1. The Morgan fingerprint density at radius 3 is 1.75 bits per heavy atom. The summed E-state index contributed by atoms with van der Waals surface area (Å²) in [5.41, 5.74) is 2.97. The number of aliphatic hydroxyl groups excluding tert-OH is 7. The Labute approximate surface area is 256 Å². The molecule has 11 atom stereocenters. The molecule has 2 aliphatic rings. The second-order valence-corrected chi connectivity index (χ2v) is 11.7. The van der Waals surface area contributed by atoms with Crippen molar-refractivity contribution in [2.45, 2.75) is 108 Å². The van der Waals surface area contributed by atoms with Crippen LogP contribution in [-0.2, 0) is 31.8 Å². The average molecular weight is 627 g/mol. The third-order valence-corrected chi connectivity index (χ3v) is 7.83. The summed E-state index contributed by atoms with van der Waals surface area (Å²) in [5, 5.41) is 72.7. The van der Waals surface area contributed by atoms with Gasteiger partial charge in [-0.2, -0.15) is 0 Å². The molecule has 44 heavy (non-hydrogen) atoms. The summed E-state index contributed by atoms with van der Waals surface area (Å²) >= 11 is 0. The minimum Gasteiger partial charge on any atom is -0.461 e. The van der Waals surface area contributed by atoms with Gasteiger partial charge in [0.05, 0.1) is 12.2 Å². The van der Waals surface area contributed by atoms with Crippen molar-refractivity contribution < 1.29 is 64.2 Å². The van der Waals surface area contributed by atoms with Crippen molar-refractivity contribution >= 4 is 5.97 Å². The fourth-order valence-corrected chi connectivity index (χ4v) is 5.28. The van der Waals surface area contributed by atoms with Crippen LogP contribution in [0.15, 0.2) is 35.4 Å². The zero-order valence-electron chi connectivity index (χ0n) is 25.9. The molecular weight excluding hydrogens is 580 g/mol. The van der Waals surface area contributed by atoms with Crippen molar-refractivity contribution in [1.29, 1.82) is 0 Å². The van der Waals surface area contributed by atoms with E-state index in [0.717, 1.165) is 11.1 Å². The van der Waals surface area contributed by atoms with E-state index in [1.807, 2.05) is 39.8 Å². The molecule has 1 heterocycles. The molecule has 1 aromatic carbocycles. The van der Waals surface area contributed by atoms with E-state index in [1.165, 1.54) is 26.4 Å². The lowest BCUT2D eigenvalue weighted by atomic mass is 9.84. The van der Waals surface area contributed by atoms with Crippen molar-refractivity contribution in [3.05, 3.63) is 52.1 Å². The van der Waals surface area contributed by atoms with Gasteiger partial charge < -0.3 is 59.4 Å². The molecule has 13 nitrogen and oxygen atoms in total. The van der Waals surface area contributed by atoms with Crippen molar-refractivity contribution in [2.75, 3.05) is 20.8 Å². The SMILES string of the molecule is CO[C@@H]1[C@H](O)[C@@H](O)[C@H](OC(=O)c2cc(CC=C(C)C)c(O[C@H]3O[C@@H](CO)[C@@H](O)[C@H](O)[C@@H]3O)c(CC=C(C)C)c2)[C@H](OC)[C@H]1O. The molecule has 0 unspecified atom stereocenters. The number of allylic oxidation sites excluding steroid dienone is 4. The Balaban J connectivity index is 2.06. The van der Waals surface area contributed by atoms with Crippen LogP contribution in [0, 0.1) is 0 Å². The van der Waals surface area contributed by atoms with Crippen LogP contribution in [-0.4, -0.2) is 130 Å². The van der Waals surface area contributed by atoms with E-state index in [1.54, 1.807) is 0 Å². The monoisotopic (exact) mass is 626 g/mol. The zero-order chi connectivity index (χ0) is 32.9. The maximum Gasteiger partial charge on any atom is 0.338 e. The number of carbonyl (C=O) groups excluding carboxylic acids is 1. The lowest BCUT2D eigenvalue weighted by Gasteiger charge is -2.43. The second-order valence-electron chi connectivity index (χ2n) is 11.7. The fourth-order valence-electron chi connectivity index (χ4n) is 5.28. The largest absolute Gasteiger partial charge is 0.461 e. The Bertz CT molecular complexity index is 1130. The van der Waals surface area contributed by atoms with Crippen LogP contribution in [0.1, 0.15) is 49.2 Å². The van der Waals surface area contributed by atoms with Crippen molar-refractivity contribution in [2.24, 2.45) is 0 Å². The van der Waals surface area contributed by atoms with E-state index in [2.05, 4.69) is 0 Å². The third-order valence-electron chi connectivity index (χ3n) is 7.83. The minimum absolute atomic E-state index is 0.0698. The Hall–Kier alpha value is -2.43. The van der Waals surface area contributed by atoms with Crippen molar-refractivity contribution in [3.63, 3.8) is 0 Å². The number of esters is 1. The summed E-state index contributed by atoms with van der Waals surface area (Å²) in [6, 6.07) is 3.02. The lowest BCUT2D eigenvalue weighted by Crippen LogP contribution is -2.65. The second kappa shape index (κ2) is 15.7. The normalized spacial score (nSPS) is 33.8. The molecule has 7 N–H and O–H groups in total. The first kappa shape index (κ1) is 36.0. The predicted molar refractivity (Wildman–Crippen MR) is 156 cm³/mol. The van der Waals surface area contributed by atoms with Gasteiger partial charge in [0.2, 0.25) is 6.29 Å². The number of aliphatic hydroxyl groups is 7.